The highest BCUT2D eigenvalue weighted by molar-refractivity contribution is 7.89. The van der Waals surface area contributed by atoms with E-state index in [1.165, 1.54) is 24.3 Å². The molecular formula is C18H28ClN3O5S. The predicted molar refractivity (Wildman–Crippen MR) is 107 cm³/mol. The maximum Gasteiger partial charge on any atom is 0.315 e. The molecule has 0 unspecified atom stereocenters. The molecule has 1 aliphatic rings. The predicted octanol–water partition coefficient (Wildman–Crippen LogP) is 1.62. The number of nitrogens with one attached hydrogen (secondary N) is 3. The lowest BCUT2D eigenvalue weighted by Gasteiger charge is -2.36. The molecule has 1 heterocycles. The van der Waals surface area contributed by atoms with Crippen molar-refractivity contribution in [2.24, 2.45) is 0 Å². The van der Waals surface area contributed by atoms with Crippen LogP contribution in [0.1, 0.15) is 33.1 Å². The summed E-state index contributed by atoms with van der Waals surface area (Å²) in [5.41, 5.74) is 0. The zero-order chi connectivity index (χ0) is 20.7. The summed E-state index contributed by atoms with van der Waals surface area (Å²) in [5, 5.41) is 15.6. The SMILES string of the molecule is CC(C)NC(=O)N[C@H]1CC[C@H](CCNS(=O)(=O)c2ccc(Cl)cc2)O[C@H]1CO. The van der Waals surface area contributed by atoms with Crippen LogP contribution in [-0.2, 0) is 14.8 Å². The van der Waals surface area contributed by atoms with Gasteiger partial charge in [0.1, 0.15) is 6.10 Å². The smallest absolute Gasteiger partial charge is 0.315 e. The third kappa shape index (κ3) is 6.89. The van der Waals surface area contributed by atoms with E-state index >= 15 is 0 Å². The van der Waals surface area contributed by atoms with Crippen LogP contribution in [0.4, 0.5) is 4.79 Å². The van der Waals surface area contributed by atoms with E-state index in [2.05, 4.69) is 15.4 Å². The first kappa shape index (κ1) is 22.9. The Morgan fingerprint density at radius 3 is 2.57 bits per heavy atom. The molecule has 10 heteroatoms. The van der Waals surface area contributed by atoms with Gasteiger partial charge in [-0.2, -0.15) is 0 Å². The molecule has 1 fully saturated rings. The van der Waals surface area contributed by atoms with Crippen LogP contribution < -0.4 is 15.4 Å². The summed E-state index contributed by atoms with van der Waals surface area (Å²) in [6.45, 7) is 3.71. The number of halogens is 1. The van der Waals surface area contributed by atoms with Gasteiger partial charge in [-0.05, 0) is 57.4 Å². The van der Waals surface area contributed by atoms with E-state index < -0.39 is 16.1 Å². The van der Waals surface area contributed by atoms with Gasteiger partial charge in [-0.1, -0.05) is 11.6 Å². The number of amides is 2. The quantitative estimate of drug-likeness (QED) is 0.497. The summed E-state index contributed by atoms with van der Waals surface area (Å²) in [7, 11) is -3.61. The molecular weight excluding hydrogens is 406 g/mol. The topological polar surface area (TPSA) is 117 Å². The zero-order valence-electron chi connectivity index (χ0n) is 16.0. The van der Waals surface area contributed by atoms with Gasteiger partial charge in [-0.3, -0.25) is 0 Å². The number of sulfonamides is 1. The first-order chi connectivity index (χ1) is 13.2. The van der Waals surface area contributed by atoms with Gasteiger partial charge in [-0.25, -0.2) is 17.9 Å². The van der Waals surface area contributed by atoms with E-state index in [1.54, 1.807) is 0 Å². The molecule has 0 aromatic heterocycles. The fraction of sp³-hybridized carbons (Fsp3) is 0.611. The number of carbonyl (C=O) groups excluding carboxylic acids is 1. The van der Waals surface area contributed by atoms with Gasteiger partial charge in [0.25, 0.3) is 0 Å². The number of urea groups is 1. The molecule has 8 nitrogen and oxygen atoms in total. The monoisotopic (exact) mass is 433 g/mol. The molecule has 4 N–H and O–H groups in total. The fourth-order valence-electron chi connectivity index (χ4n) is 3.03. The Balaban J connectivity index is 1.81. The van der Waals surface area contributed by atoms with Gasteiger partial charge in [-0.15, -0.1) is 0 Å². The van der Waals surface area contributed by atoms with Crippen molar-refractivity contribution in [2.45, 2.75) is 62.3 Å². The second kappa shape index (κ2) is 10.4. The van der Waals surface area contributed by atoms with Crippen LogP contribution in [0.25, 0.3) is 0 Å². The number of benzene rings is 1. The molecule has 0 bridgehead atoms. The minimum atomic E-state index is -3.61. The highest BCUT2D eigenvalue weighted by atomic mass is 35.5. The van der Waals surface area contributed by atoms with E-state index in [-0.39, 0.29) is 42.3 Å². The summed E-state index contributed by atoms with van der Waals surface area (Å²) in [6, 6.07) is 5.37. The number of hydrogen-bond acceptors (Lipinski definition) is 5. The van der Waals surface area contributed by atoms with Crippen molar-refractivity contribution in [1.82, 2.24) is 15.4 Å². The zero-order valence-corrected chi connectivity index (χ0v) is 17.6. The Morgan fingerprint density at radius 1 is 1.29 bits per heavy atom. The third-order valence-electron chi connectivity index (χ3n) is 4.41. The van der Waals surface area contributed by atoms with Crippen molar-refractivity contribution in [1.29, 1.82) is 0 Å². The minimum absolute atomic E-state index is 0.0125. The molecule has 2 amide bonds. The average Bonchev–Trinajstić information content (AvgIpc) is 2.62. The van der Waals surface area contributed by atoms with Gasteiger partial charge in [0, 0.05) is 17.6 Å². The van der Waals surface area contributed by atoms with Crippen molar-refractivity contribution in [3.05, 3.63) is 29.3 Å². The van der Waals surface area contributed by atoms with Crippen LogP contribution in [0.5, 0.6) is 0 Å². The molecule has 1 aromatic rings. The van der Waals surface area contributed by atoms with Gasteiger partial charge in [0.2, 0.25) is 10.0 Å². The number of carbonyl (C=O) groups is 1. The van der Waals surface area contributed by atoms with Gasteiger partial charge < -0.3 is 20.5 Å². The van der Waals surface area contributed by atoms with Gasteiger partial charge >= 0.3 is 6.03 Å². The van der Waals surface area contributed by atoms with E-state index in [1.807, 2.05) is 13.8 Å². The number of rotatable bonds is 8. The number of aliphatic hydroxyl groups is 1. The van der Waals surface area contributed by atoms with Crippen LogP contribution in [0.15, 0.2) is 29.2 Å². The van der Waals surface area contributed by atoms with Crippen LogP contribution >= 0.6 is 11.6 Å². The van der Waals surface area contributed by atoms with Crippen LogP contribution in [0.3, 0.4) is 0 Å². The van der Waals surface area contributed by atoms with E-state index in [0.29, 0.717) is 24.3 Å². The molecule has 0 radical (unpaired) electrons. The summed E-state index contributed by atoms with van der Waals surface area (Å²) in [4.78, 5) is 12.0. The Morgan fingerprint density at radius 2 is 1.96 bits per heavy atom. The van der Waals surface area contributed by atoms with E-state index in [4.69, 9.17) is 16.3 Å². The molecule has 158 valence electrons. The molecule has 0 saturated carbocycles. The second-order valence-electron chi connectivity index (χ2n) is 7.08. The molecule has 1 aliphatic heterocycles. The number of ether oxygens (including phenoxy) is 1. The molecule has 0 spiro atoms. The maximum atomic E-state index is 12.3. The number of aliphatic hydroxyl groups excluding tert-OH is 1. The first-order valence-corrected chi connectivity index (χ1v) is 11.2. The molecule has 3 atom stereocenters. The standard InChI is InChI=1S/C18H28ClN3O5S/c1-12(2)21-18(24)22-16-8-5-14(27-17(16)11-23)9-10-20-28(25,26)15-6-3-13(19)4-7-15/h3-4,6-7,12,14,16-17,20,23H,5,8-11H2,1-2H3,(H2,21,22,24)/t14-,16+,17+/m1/s1. The van der Waals surface area contributed by atoms with Crippen molar-refractivity contribution in [3.8, 4) is 0 Å². The van der Waals surface area contributed by atoms with Gasteiger partial charge in [0.15, 0.2) is 0 Å². The van der Waals surface area contributed by atoms with Crippen LogP contribution in [0, 0.1) is 0 Å². The molecule has 0 aliphatic carbocycles. The Kier molecular flexibility index (Phi) is 8.51. The molecule has 28 heavy (non-hydrogen) atoms. The summed E-state index contributed by atoms with van der Waals surface area (Å²) in [5.74, 6) is 0. The van der Waals surface area contributed by atoms with Crippen molar-refractivity contribution < 1.29 is 23.1 Å². The second-order valence-corrected chi connectivity index (χ2v) is 9.28. The highest BCUT2D eigenvalue weighted by Gasteiger charge is 2.32. The molecule has 1 saturated heterocycles. The van der Waals surface area contributed by atoms with E-state index in [0.717, 1.165) is 0 Å². The largest absolute Gasteiger partial charge is 0.394 e. The lowest BCUT2D eigenvalue weighted by Crippen LogP contribution is -2.54. The third-order valence-corrected chi connectivity index (χ3v) is 6.14. The average molecular weight is 434 g/mol. The first-order valence-electron chi connectivity index (χ1n) is 9.30. The van der Waals surface area contributed by atoms with Crippen molar-refractivity contribution >= 4 is 27.7 Å². The Labute approximate surface area is 171 Å². The minimum Gasteiger partial charge on any atom is -0.394 e. The normalized spacial score (nSPS) is 22.8. The fourth-order valence-corrected chi connectivity index (χ4v) is 4.21. The maximum absolute atomic E-state index is 12.3. The lowest BCUT2D eigenvalue weighted by atomic mass is 9.97. The summed E-state index contributed by atoms with van der Waals surface area (Å²) < 4.78 is 32.9. The van der Waals surface area contributed by atoms with Crippen molar-refractivity contribution in [2.75, 3.05) is 13.2 Å². The lowest BCUT2D eigenvalue weighted by molar-refractivity contribution is -0.0886. The van der Waals surface area contributed by atoms with E-state index in [9.17, 15) is 18.3 Å². The highest BCUT2D eigenvalue weighted by Crippen LogP contribution is 2.22. The van der Waals surface area contributed by atoms with Crippen molar-refractivity contribution in [3.63, 3.8) is 0 Å². The Hall–Kier alpha value is -1.39. The molecule has 2 rings (SSSR count). The number of hydrogen-bond donors (Lipinski definition) is 4. The molecule has 1 aromatic carbocycles. The van der Waals surface area contributed by atoms with Crippen LogP contribution in [-0.4, -0.2) is 57.0 Å². The Bertz CT molecular complexity index is 742. The summed E-state index contributed by atoms with van der Waals surface area (Å²) >= 11 is 5.78. The summed E-state index contributed by atoms with van der Waals surface area (Å²) in [6.07, 6.45) is 1.05. The van der Waals surface area contributed by atoms with Gasteiger partial charge in [0.05, 0.1) is 23.6 Å². The van der Waals surface area contributed by atoms with Crippen LogP contribution in [0.2, 0.25) is 5.02 Å².